The highest BCUT2D eigenvalue weighted by atomic mass is 32.2. The molecule has 3 aromatic rings. The van der Waals surface area contributed by atoms with Gasteiger partial charge in [-0.2, -0.15) is 0 Å². The Balaban J connectivity index is 1.10. The number of fused-ring (bicyclic) bond motifs is 1. The number of piperidine rings is 1. The molecule has 1 saturated heterocycles. The Bertz CT molecular complexity index is 1630. The molecule has 1 unspecified atom stereocenters. The standard InChI is InChI=1S/C29H34N7O4S2/c1-29(2,3)40-28(37)36-14-12-22(13-15-36)35-42(38,39)23-9-7-21(8-10-23)33-27-31-17-20(18-32-27)5-4-19-6-11-24-25(16-19)41-26(30)34-24/h4-11,16-18,22,27,33H,12-15H2,1-3H3,(H2,30,34)(H,31,32)/q-1/b5-4+. The molecule has 1 amide bonds. The predicted molar refractivity (Wildman–Crippen MR) is 168 cm³/mol. The maximum absolute atomic E-state index is 12.9. The van der Waals surface area contributed by atoms with E-state index in [1.54, 1.807) is 23.2 Å². The number of carbonyl (C=O) groups is 1. The van der Waals surface area contributed by atoms with Crippen molar-refractivity contribution in [2.24, 2.45) is 4.99 Å². The van der Waals surface area contributed by atoms with Crippen LogP contribution in [-0.2, 0) is 14.8 Å². The van der Waals surface area contributed by atoms with Crippen LogP contribution in [0.5, 0.6) is 0 Å². The lowest BCUT2D eigenvalue weighted by molar-refractivity contribution is 0.0213. The minimum Gasteiger partial charge on any atom is -0.542 e. The summed E-state index contributed by atoms with van der Waals surface area (Å²) in [6, 6.07) is 12.0. The number of nitrogens with zero attached hydrogens (tertiary/aromatic N) is 4. The molecule has 1 atom stereocenters. The van der Waals surface area contributed by atoms with Gasteiger partial charge < -0.3 is 30.7 Å². The van der Waals surface area contributed by atoms with Gasteiger partial charge in [-0.1, -0.05) is 42.4 Å². The summed E-state index contributed by atoms with van der Waals surface area (Å²) in [7, 11) is -3.83. The average Bonchev–Trinajstić information content (AvgIpc) is 3.31. The quantitative estimate of drug-likeness (QED) is 0.326. The molecule has 11 nitrogen and oxygen atoms in total. The van der Waals surface area contributed by atoms with E-state index in [1.165, 1.54) is 23.5 Å². The number of anilines is 2. The van der Waals surface area contributed by atoms with E-state index in [1.807, 2.05) is 57.3 Å². The van der Waals surface area contributed by atoms with Gasteiger partial charge in [-0.3, -0.25) is 0 Å². The van der Waals surface area contributed by atoms with Crippen molar-refractivity contribution in [3.8, 4) is 0 Å². The molecule has 13 heteroatoms. The van der Waals surface area contributed by atoms with E-state index in [0.29, 0.717) is 36.8 Å². The van der Waals surface area contributed by atoms with Gasteiger partial charge in [0.05, 0.1) is 10.2 Å². The van der Waals surface area contributed by atoms with E-state index in [4.69, 9.17) is 10.5 Å². The van der Waals surface area contributed by atoms with Crippen LogP contribution in [0.15, 0.2) is 70.2 Å². The number of nitrogens with one attached hydrogen (secondary N) is 2. The number of amides is 1. The number of nitrogens with two attached hydrogens (primary N) is 1. The normalized spacial score (nSPS) is 18.2. The summed E-state index contributed by atoms with van der Waals surface area (Å²) in [5, 5.41) is 6.96. The van der Waals surface area contributed by atoms with Gasteiger partial charge in [0.25, 0.3) is 0 Å². The summed E-state index contributed by atoms with van der Waals surface area (Å²) in [6.45, 7) is 6.25. The fourth-order valence-electron chi connectivity index (χ4n) is 4.46. The number of rotatable bonds is 7. The minimum atomic E-state index is -3.83. The Morgan fingerprint density at radius 2 is 1.90 bits per heavy atom. The van der Waals surface area contributed by atoms with Gasteiger partial charge in [-0.05, 0) is 62.7 Å². The monoisotopic (exact) mass is 608 g/mol. The van der Waals surface area contributed by atoms with Crippen molar-refractivity contribution in [2.75, 3.05) is 24.1 Å². The Labute approximate surface area is 249 Å². The number of carbonyl (C=O) groups excluding carboxylic acids is 1. The molecule has 0 aliphatic carbocycles. The van der Waals surface area contributed by atoms with Crippen LogP contribution in [-0.4, -0.2) is 61.6 Å². The zero-order chi connectivity index (χ0) is 29.9. The van der Waals surface area contributed by atoms with Crippen molar-refractivity contribution in [1.82, 2.24) is 15.2 Å². The number of aliphatic imine (C=N–C) groups is 1. The third-order valence-corrected chi connectivity index (χ3v) is 8.83. The van der Waals surface area contributed by atoms with E-state index in [-0.39, 0.29) is 17.0 Å². The molecule has 0 bridgehead atoms. The maximum atomic E-state index is 12.9. The second-order valence-corrected chi connectivity index (χ2v) is 13.7. The lowest BCUT2D eigenvalue weighted by atomic mass is 10.1. The Morgan fingerprint density at radius 1 is 1.17 bits per heavy atom. The number of benzene rings is 2. The first-order valence-corrected chi connectivity index (χ1v) is 15.8. The molecular formula is C29H34N7O4S2-. The molecule has 0 spiro atoms. The molecule has 0 saturated carbocycles. The Morgan fingerprint density at radius 3 is 2.57 bits per heavy atom. The number of allylic oxidation sites excluding steroid dienone is 2. The number of hydrogen-bond acceptors (Lipinski definition) is 10. The van der Waals surface area contributed by atoms with E-state index in [0.717, 1.165) is 21.4 Å². The zero-order valence-corrected chi connectivity index (χ0v) is 25.3. The third-order valence-electron chi connectivity index (χ3n) is 6.54. The first-order chi connectivity index (χ1) is 19.9. The van der Waals surface area contributed by atoms with Crippen LogP contribution in [0.1, 0.15) is 39.2 Å². The van der Waals surface area contributed by atoms with Gasteiger partial charge >= 0.3 is 6.09 Å². The smallest absolute Gasteiger partial charge is 0.410 e. The second kappa shape index (κ2) is 12.1. The fraction of sp³-hybridized carbons (Fsp3) is 0.345. The number of nitrogen functional groups attached to an aromatic ring is 1. The second-order valence-electron chi connectivity index (χ2n) is 11.1. The molecule has 42 heavy (non-hydrogen) atoms. The lowest BCUT2D eigenvalue weighted by Crippen LogP contribution is -2.43. The van der Waals surface area contributed by atoms with Gasteiger partial charge in [0.2, 0.25) is 0 Å². The number of hydrogen-bond donors (Lipinski definition) is 3. The molecule has 4 N–H and O–H groups in total. The molecule has 3 heterocycles. The van der Waals surface area contributed by atoms with Crippen molar-refractivity contribution < 1.29 is 17.9 Å². The lowest BCUT2D eigenvalue weighted by Gasteiger charge is -2.39. The summed E-state index contributed by atoms with van der Waals surface area (Å²) in [5.74, 6) is 0. The maximum Gasteiger partial charge on any atom is 0.410 e. The SMILES string of the molecule is CC(C)(C)OC(=O)N1CCC([N-]S(=O)(=O)c2ccc(NC3N=CC(/C=C/c4ccc5nc(N)sc5c4)=CN3)cc2)CC1. The molecule has 2 aliphatic rings. The first kappa shape index (κ1) is 29.5. The molecule has 2 aromatic carbocycles. The Kier molecular flexibility index (Phi) is 8.53. The van der Waals surface area contributed by atoms with Crippen molar-refractivity contribution in [2.45, 2.75) is 56.4 Å². The average molecular weight is 609 g/mol. The summed E-state index contributed by atoms with van der Waals surface area (Å²) >= 11 is 1.46. The number of sulfonamides is 1. The molecule has 5 rings (SSSR count). The van der Waals surface area contributed by atoms with Crippen molar-refractivity contribution in [1.29, 1.82) is 0 Å². The van der Waals surface area contributed by atoms with Crippen LogP contribution in [0, 0.1) is 0 Å². The highest BCUT2D eigenvalue weighted by Crippen LogP contribution is 2.28. The molecule has 222 valence electrons. The van der Waals surface area contributed by atoms with Crippen molar-refractivity contribution >= 4 is 60.8 Å². The first-order valence-electron chi connectivity index (χ1n) is 13.6. The van der Waals surface area contributed by atoms with Gasteiger partial charge in [0.15, 0.2) is 11.4 Å². The van der Waals surface area contributed by atoms with Gasteiger partial charge in [0, 0.05) is 41.7 Å². The topological polar surface area (TPSA) is 153 Å². The van der Waals surface area contributed by atoms with E-state index in [2.05, 4.69) is 25.3 Å². The summed E-state index contributed by atoms with van der Waals surface area (Å²) in [4.78, 5) is 22.7. The molecule has 0 radical (unpaired) electrons. The summed E-state index contributed by atoms with van der Waals surface area (Å²) in [6.07, 6.45) is 7.72. The zero-order valence-electron chi connectivity index (χ0n) is 23.6. The number of ether oxygens (including phenoxy) is 1. The number of aromatic nitrogens is 1. The molecule has 1 aromatic heterocycles. The number of thiazole rings is 1. The van der Waals surface area contributed by atoms with Crippen LogP contribution >= 0.6 is 11.3 Å². The molecular weight excluding hydrogens is 574 g/mol. The van der Waals surface area contributed by atoms with Crippen LogP contribution in [0.2, 0.25) is 0 Å². The van der Waals surface area contributed by atoms with Crippen molar-refractivity contribution in [3.05, 3.63) is 70.6 Å². The van der Waals surface area contributed by atoms with E-state index < -0.39 is 21.9 Å². The fourth-order valence-corrected chi connectivity index (χ4v) is 6.45. The van der Waals surface area contributed by atoms with E-state index >= 15 is 0 Å². The highest BCUT2D eigenvalue weighted by molar-refractivity contribution is 7.94. The predicted octanol–water partition coefficient (Wildman–Crippen LogP) is 5.31. The summed E-state index contributed by atoms with van der Waals surface area (Å²) < 4.78 is 36.4. The van der Waals surface area contributed by atoms with Gasteiger partial charge in [-0.25, -0.2) is 23.2 Å². The number of likely N-dealkylation sites (tertiary alicyclic amines) is 1. The van der Waals surface area contributed by atoms with Gasteiger partial charge in [0.1, 0.15) is 15.6 Å². The van der Waals surface area contributed by atoms with Crippen molar-refractivity contribution in [3.63, 3.8) is 0 Å². The summed E-state index contributed by atoms with van der Waals surface area (Å²) in [5.41, 5.74) is 8.75. The largest absolute Gasteiger partial charge is 0.542 e. The van der Waals surface area contributed by atoms with Crippen LogP contribution in [0.4, 0.5) is 15.6 Å². The van der Waals surface area contributed by atoms with E-state index in [9.17, 15) is 13.2 Å². The Hall–Kier alpha value is -3.94. The third kappa shape index (κ3) is 7.66. The molecule has 2 aliphatic heterocycles. The minimum absolute atomic E-state index is 0.120. The highest BCUT2D eigenvalue weighted by Gasteiger charge is 2.25. The van der Waals surface area contributed by atoms with Crippen LogP contribution in [0.25, 0.3) is 21.0 Å². The van der Waals surface area contributed by atoms with Crippen LogP contribution < -0.4 is 16.4 Å². The van der Waals surface area contributed by atoms with Crippen LogP contribution in [0.3, 0.4) is 0 Å². The van der Waals surface area contributed by atoms with Gasteiger partial charge in [-0.15, -0.1) is 6.04 Å². The molecule has 1 fully saturated rings.